The minimum absolute atomic E-state index is 0.696. The zero-order valence-electron chi connectivity index (χ0n) is 11.1. The Morgan fingerprint density at radius 2 is 1.89 bits per heavy atom. The van der Waals surface area contributed by atoms with Crippen molar-refractivity contribution in [3.63, 3.8) is 0 Å². The molecule has 100 valence electrons. The summed E-state index contributed by atoms with van der Waals surface area (Å²) < 4.78 is 0. The van der Waals surface area contributed by atoms with Gasteiger partial charge >= 0.3 is 0 Å². The van der Waals surface area contributed by atoms with E-state index >= 15 is 0 Å². The lowest BCUT2D eigenvalue weighted by atomic mass is 9.81. The molecule has 1 fully saturated rings. The van der Waals surface area contributed by atoms with Crippen LogP contribution in [0.5, 0.6) is 0 Å². The maximum Gasteiger partial charge on any atom is 0.0575 e. The van der Waals surface area contributed by atoms with E-state index in [1.807, 2.05) is 12.1 Å². The molecule has 0 bridgehead atoms. The third-order valence-corrected chi connectivity index (χ3v) is 4.37. The topological polar surface area (TPSA) is 38.0 Å². The number of rotatable bonds is 4. The van der Waals surface area contributed by atoms with Crippen molar-refractivity contribution in [1.82, 2.24) is 0 Å². The van der Waals surface area contributed by atoms with Crippen molar-refractivity contribution in [2.24, 2.45) is 11.8 Å². The molecule has 0 saturated heterocycles. The van der Waals surface area contributed by atoms with E-state index in [0.717, 1.165) is 29.8 Å². The van der Waals surface area contributed by atoms with E-state index in [2.05, 4.69) is 12.2 Å². The number of anilines is 2. The van der Waals surface area contributed by atoms with Crippen LogP contribution in [0.15, 0.2) is 18.2 Å². The van der Waals surface area contributed by atoms with E-state index in [9.17, 15) is 0 Å². The van der Waals surface area contributed by atoms with Crippen molar-refractivity contribution in [2.75, 3.05) is 17.6 Å². The molecule has 0 radical (unpaired) electrons. The van der Waals surface area contributed by atoms with Gasteiger partial charge in [-0.1, -0.05) is 37.8 Å². The summed E-state index contributed by atoms with van der Waals surface area (Å²) >= 11 is 5.89. The average Bonchev–Trinajstić information content (AvgIpc) is 2.38. The summed E-state index contributed by atoms with van der Waals surface area (Å²) in [5.74, 6) is 1.75. The lowest BCUT2D eigenvalue weighted by Gasteiger charge is -2.28. The molecular formula is C15H23ClN2. The van der Waals surface area contributed by atoms with Gasteiger partial charge in [-0.3, -0.25) is 0 Å². The Bertz CT molecular complexity index is 384. The highest BCUT2D eigenvalue weighted by Gasteiger charge is 2.19. The molecule has 1 aromatic carbocycles. The molecule has 3 N–H and O–H groups in total. The molecule has 1 saturated carbocycles. The number of nitrogens with one attached hydrogen (secondary N) is 1. The number of nitrogen functional groups attached to an aromatic ring is 1. The number of halogens is 1. The third-order valence-electron chi connectivity index (χ3n) is 4.14. The Morgan fingerprint density at radius 3 is 2.50 bits per heavy atom. The summed E-state index contributed by atoms with van der Waals surface area (Å²) in [7, 11) is 0. The third kappa shape index (κ3) is 3.55. The molecule has 1 aromatic rings. The second kappa shape index (κ2) is 6.33. The molecule has 18 heavy (non-hydrogen) atoms. The highest BCUT2D eigenvalue weighted by Crippen LogP contribution is 2.31. The lowest BCUT2D eigenvalue weighted by Crippen LogP contribution is -2.21. The first-order chi connectivity index (χ1) is 8.69. The van der Waals surface area contributed by atoms with E-state index in [4.69, 9.17) is 17.3 Å². The normalized spacial score (nSPS) is 23.9. The van der Waals surface area contributed by atoms with Gasteiger partial charge in [-0.05, 0) is 42.9 Å². The standard InChI is InChI=1S/C15H23ClN2/c1-2-11-3-5-12(6-4-11)10-18-15-8-7-13(16)9-14(15)17/h7-9,11-12,18H,2-6,10,17H2,1H3. The van der Waals surface area contributed by atoms with Crippen LogP contribution in [0.4, 0.5) is 11.4 Å². The lowest BCUT2D eigenvalue weighted by molar-refractivity contribution is 0.278. The van der Waals surface area contributed by atoms with E-state index in [1.165, 1.54) is 32.1 Å². The van der Waals surface area contributed by atoms with Gasteiger partial charge in [-0.25, -0.2) is 0 Å². The number of benzene rings is 1. The maximum absolute atomic E-state index is 5.93. The summed E-state index contributed by atoms with van der Waals surface area (Å²) in [6.45, 7) is 3.33. The van der Waals surface area contributed by atoms with Crippen LogP contribution >= 0.6 is 11.6 Å². The molecule has 2 nitrogen and oxygen atoms in total. The molecule has 0 unspecified atom stereocenters. The molecule has 3 heteroatoms. The van der Waals surface area contributed by atoms with Crippen molar-refractivity contribution in [2.45, 2.75) is 39.0 Å². The van der Waals surface area contributed by atoms with Gasteiger partial charge in [0.05, 0.1) is 11.4 Å². The first-order valence-electron chi connectivity index (χ1n) is 6.98. The fraction of sp³-hybridized carbons (Fsp3) is 0.600. The smallest absolute Gasteiger partial charge is 0.0575 e. The molecule has 0 spiro atoms. The SMILES string of the molecule is CCC1CCC(CNc2ccc(Cl)cc2N)CC1. The Hall–Kier alpha value is -0.890. The van der Waals surface area contributed by atoms with E-state index in [1.54, 1.807) is 6.07 Å². The van der Waals surface area contributed by atoms with Crippen LogP contribution in [-0.2, 0) is 0 Å². The predicted octanol–water partition coefficient (Wildman–Crippen LogP) is 4.55. The van der Waals surface area contributed by atoms with Crippen molar-refractivity contribution in [1.29, 1.82) is 0 Å². The molecule has 1 aliphatic rings. The van der Waals surface area contributed by atoms with Gasteiger partial charge in [0.15, 0.2) is 0 Å². The summed E-state index contributed by atoms with van der Waals surface area (Å²) in [6.07, 6.45) is 6.81. The van der Waals surface area contributed by atoms with E-state index < -0.39 is 0 Å². The summed E-state index contributed by atoms with van der Waals surface area (Å²) in [5.41, 5.74) is 7.69. The van der Waals surface area contributed by atoms with Crippen LogP contribution in [0.25, 0.3) is 0 Å². The van der Waals surface area contributed by atoms with Crippen LogP contribution in [-0.4, -0.2) is 6.54 Å². The van der Waals surface area contributed by atoms with Crippen LogP contribution in [0.1, 0.15) is 39.0 Å². The van der Waals surface area contributed by atoms with Gasteiger partial charge in [0.2, 0.25) is 0 Å². The fourth-order valence-electron chi connectivity index (χ4n) is 2.79. The molecular weight excluding hydrogens is 244 g/mol. The summed E-state index contributed by atoms with van der Waals surface area (Å²) in [5, 5.41) is 4.15. The highest BCUT2D eigenvalue weighted by molar-refractivity contribution is 6.31. The Balaban J connectivity index is 1.81. The molecule has 1 aliphatic carbocycles. The molecule has 0 atom stereocenters. The first kappa shape index (κ1) is 13.5. The van der Waals surface area contributed by atoms with Crippen molar-refractivity contribution in [3.8, 4) is 0 Å². The van der Waals surface area contributed by atoms with Crippen LogP contribution in [0, 0.1) is 11.8 Å². The fourth-order valence-corrected chi connectivity index (χ4v) is 2.97. The zero-order valence-corrected chi connectivity index (χ0v) is 11.8. The maximum atomic E-state index is 5.93. The molecule has 0 aromatic heterocycles. The van der Waals surface area contributed by atoms with E-state index in [-0.39, 0.29) is 0 Å². The van der Waals surface area contributed by atoms with E-state index in [0.29, 0.717) is 5.02 Å². The minimum atomic E-state index is 0.696. The Labute approximate surface area is 115 Å². The molecule has 0 heterocycles. The summed E-state index contributed by atoms with van der Waals surface area (Å²) in [6, 6.07) is 5.65. The van der Waals surface area contributed by atoms with Gasteiger partial charge in [0.1, 0.15) is 0 Å². The van der Waals surface area contributed by atoms with Gasteiger partial charge in [-0.2, -0.15) is 0 Å². The van der Waals surface area contributed by atoms with Gasteiger partial charge in [0.25, 0.3) is 0 Å². The zero-order chi connectivity index (χ0) is 13.0. The van der Waals surface area contributed by atoms with Crippen LogP contribution < -0.4 is 11.1 Å². The highest BCUT2D eigenvalue weighted by atomic mass is 35.5. The quantitative estimate of drug-likeness (QED) is 0.785. The average molecular weight is 267 g/mol. The minimum Gasteiger partial charge on any atom is -0.397 e. The first-order valence-corrected chi connectivity index (χ1v) is 7.35. The van der Waals surface area contributed by atoms with Crippen LogP contribution in [0.3, 0.4) is 0 Å². The Morgan fingerprint density at radius 1 is 1.22 bits per heavy atom. The molecule has 0 amide bonds. The second-order valence-corrected chi connectivity index (χ2v) is 5.84. The van der Waals surface area contributed by atoms with Gasteiger partial charge < -0.3 is 11.1 Å². The number of hydrogen-bond donors (Lipinski definition) is 2. The van der Waals surface area contributed by atoms with Gasteiger partial charge in [0, 0.05) is 11.6 Å². The predicted molar refractivity (Wildman–Crippen MR) is 80.1 cm³/mol. The molecule has 0 aliphatic heterocycles. The van der Waals surface area contributed by atoms with Crippen molar-refractivity contribution < 1.29 is 0 Å². The van der Waals surface area contributed by atoms with Crippen molar-refractivity contribution in [3.05, 3.63) is 23.2 Å². The van der Waals surface area contributed by atoms with Crippen LogP contribution in [0.2, 0.25) is 5.02 Å². The largest absolute Gasteiger partial charge is 0.397 e. The monoisotopic (exact) mass is 266 g/mol. The number of hydrogen-bond acceptors (Lipinski definition) is 2. The van der Waals surface area contributed by atoms with Crippen molar-refractivity contribution >= 4 is 23.0 Å². The van der Waals surface area contributed by atoms with Gasteiger partial charge in [-0.15, -0.1) is 0 Å². The molecule has 2 rings (SSSR count). The Kier molecular flexibility index (Phi) is 4.76. The second-order valence-electron chi connectivity index (χ2n) is 5.41. The summed E-state index contributed by atoms with van der Waals surface area (Å²) in [4.78, 5) is 0. The number of nitrogens with two attached hydrogens (primary N) is 1.